The lowest BCUT2D eigenvalue weighted by atomic mass is 10.1. The van der Waals surface area contributed by atoms with E-state index in [4.69, 9.17) is 9.97 Å². The van der Waals surface area contributed by atoms with Crippen molar-refractivity contribution in [3.05, 3.63) is 69.7 Å². The van der Waals surface area contributed by atoms with E-state index in [0.29, 0.717) is 17.2 Å². The van der Waals surface area contributed by atoms with Crippen molar-refractivity contribution in [1.29, 1.82) is 0 Å². The van der Waals surface area contributed by atoms with Crippen LogP contribution in [0.3, 0.4) is 0 Å². The quantitative estimate of drug-likeness (QED) is 0.330. The highest BCUT2D eigenvalue weighted by Crippen LogP contribution is 2.35. The van der Waals surface area contributed by atoms with Crippen molar-refractivity contribution in [2.45, 2.75) is 33.6 Å². The molecule has 33 heavy (non-hydrogen) atoms. The number of nitrogens with zero attached hydrogens (tertiary/aromatic N) is 3. The van der Waals surface area contributed by atoms with E-state index in [0.717, 1.165) is 37.6 Å². The van der Waals surface area contributed by atoms with E-state index in [1.807, 2.05) is 67.8 Å². The molecule has 0 radical (unpaired) electrons. The number of thiazole rings is 2. The zero-order chi connectivity index (χ0) is 23.5. The summed E-state index contributed by atoms with van der Waals surface area (Å²) in [5.41, 5.74) is 5.20. The number of aliphatic carboxylic acids is 1. The van der Waals surface area contributed by atoms with Crippen LogP contribution in [0, 0.1) is 13.8 Å². The van der Waals surface area contributed by atoms with Crippen molar-refractivity contribution in [3.8, 4) is 0 Å². The summed E-state index contributed by atoms with van der Waals surface area (Å²) < 4.78 is 1.05. The molecule has 2 heterocycles. The van der Waals surface area contributed by atoms with Gasteiger partial charge < -0.3 is 5.11 Å². The average molecular weight is 478 g/mol. The van der Waals surface area contributed by atoms with E-state index in [9.17, 15) is 14.7 Å². The van der Waals surface area contributed by atoms with Crippen LogP contribution in [0.5, 0.6) is 0 Å². The Morgan fingerprint density at radius 1 is 1.03 bits per heavy atom. The molecule has 6 nitrogen and oxygen atoms in total. The Bertz CT molecular complexity index is 1320. The van der Waals surface area contributed by atoms with Gasteiger partial charge in [0.05, 0.1) is 21.6 Å². The lowest BCUT2D eigenvalue weighted by molar-refractivity contribution is -0.136. The number of amides is 1. The number of carbonyl (C=O) groups is 2. The minimum atomic E-state index is -0.862. The number of anilines is 2. The number of allylic oxidation sites excluding steroid dienone is 1. The van der Waals surface area contributed by atoms with Crippen LogP contribution in [0.25, 0.3) is 21.9 Å². The molecule has 4 aromatic rings. The summed E-state index contributed by atoms with van der Waals surface area (Å²) in [6.45, 7) is 5.48. The zero-order valence-corrected chi connectivity index (χ0v) is 20.2. The minimum Gasteiger partial charge on any atom is -0.481 e. The summed E-state index contributed by atoms with van der Waals surface area (Å²) in [7, 11) is 0. The van der Waals surface area contributed by atoms with Gasteiger partial charge >= 0.3 is 5.97 Å². The predicted molar refractivity (Wildman–Crippen MR) is 135 cm³/mol. The number of carboxylic acid groups (broad SMARTS) is 1. The molecule has 2 aromatic heterocycles. The number of aryl methyl sites for hydroxylation is 2. The van der Waals surface area contributed by atoms with Gasteiger partial charge in [0.15, 0.2) is 5.13 Å². The molecule has 4 rings (SSSR count). The second-order valence-corrected chi connectivity index (χ2v) is 9.57. The number of benzene rings is 2. The van der Waals surface area contributed by atoms with Crippen molar-refractivity contribution < 1.29 is 14.7 Å². The third-order valence-electron chi connectivity index (χ3n) is 5.18. The zero-order valence-electron chi connectivity index (χ0n) is 18.5. The van der Waals surface area contributed by atoms with E-state index in [1.165, 1.54) is 29.6 Å². The van der Waals surface area contributed by atoms with Gasteiger partial charge in [0, 0.05) is 18.7 Å². The number of hydrogen-bond donors (Lipinski definition) is 1. The molecule has 0 unspecified atom stereocenters. The predicted octanol–water partition coefficient (Wildman–Crippen LogP) is 6.46. The fourth-order valence-electron chi connectivity index (χ4n) is 3.66. The molecule has 0 spiro atoms. The SMILES string of the molecule is CC(=O)N(c1nc(/C=C(/CCC(=O)O)c2nc3ccccc3s2)cs1)c1c(C)cccc1C. The van der Waals surface area contributed by atoms with Crippen LogP contribution < -0.4 is 4.90 Å². The number of fused-ring (bicyclic) bond motifs is 1. The number of hydrogen-bond acceptors (Lipinski definition) is 6. The molecule has 168 valence electrons. The second-order valence-electron chi connectivity index (χ2n) is 7.70. The van der Waals surface area contributed by atoms with Gasteiger partial charge in [-0.05, 0) is 55.2 Å². The summed E-state index contributed by atoms with van der Waals surface area (Å²) in [5, 5.41) is 12.5. The van der Waals surface area contributed by atoms with E-state index < -0.39 is 5.97 Å². The van der Waals surface area contributed by atoms with Crippen LogP contribution >= 0.6 is 22.7 Å². The first kappa shape index (κ1) is 22.8. The van der Waals surface area contributed by atoms with Gasteiger partial charge in [-0.25, -0.2) is 9.97 Å². The summed E-state index contributed by atoms with van der Waals surface area (Å²) in [4.78, 5) is 34.9. The smallest absolute Gasteiger partial charge is 0.303 e. The normalized spacial score (nSPS) is 11.7. The standard InChI is InChI=1S/C25H23N3O3S2/c1-15-7-6-8-16(2)23(15)28(17(3)29)25-26-19(14-32-25)13-18(11-12-22(30)31)24-27-20-9-4-5-10-21(20)33-24/h4-10,13-14H,11-12H2,1-3H3,(H,30,31)/b18-13-. The fraction of sp³-hybridized carbons (Fsp3) is 0.200. The van der Waals surface area contributed by atoms with Crippen LogP contribution in [0.15, 0.2) is 47.8 Å². The molecule has 0 bridgehead atoms. The maximum absolute atomic E-state index is 12.6. The van der Waals surface area contributed by atoms with Gasteiger partial charge in [-0.1, -0.05) is 30.3 Å². The molecular weight excluding hydrogens is 454 g/mol. The molecule has 2 aromatic carbocycles. The van der Waals surface area contributed by atoms with Crippen molar-refractivity contribution in [1.82, 2.24) is 9.97 Å². The number of para-hydroxylation sites is 2. The summed E-state index contributed by atoms with van der Waals surface area (Å²) in [6.07, 6.45) is 2.22. The van der Waals surface area contributed by atoms with Gasteiger partial charge in [0.1, 0.15) is 5.01 Å². The largest absolute Gasteiger partial charge is 0.481 e. The number of rotatable bonds is 7. The topological polar surface area (TPSA) is 83.4 Å². The molecular formula is C25H23N3O3S2. The highest BCUT2D eigenvalue weighted by Gasteiger charge is 2.21. The number of carboxylic acids is 1. The molecule has 0 aliphatic rings. The average Bonchev–Trinajstić information content (AvgIpc) is 3.40. The Labute approximate surface area is 199 Å². The van der Waals surface area contributed by atoms with Crippen LogP contribution in [0.2, 0.25) is 0 Å². The minimum absolute atomic E-state index is 0.000723. The molecule has 0 saturated carbocycles. The van der Waals surface area contributed by atoms with Gasteiger partial charge in [-0.2, -0.15) is 0 Å². The van der Waals surface area contributed by atoms with Crippen molar-refractivity contribution in [2.75, 3.05) is 4.90 Å². The maximum atomic E-state index is 12.6. The summed E-state index contributed by atoms with van der Waals surface area (Å²) in [5.74, 6) is -0.978. The van der Waals surface area contributed by atoms with Gasteiger partial charge in [-0.15, -0.1) is 22.7 Å². The number of carbonyl (C=O) groups excluding carboxylic acids is 1. The first-order chi connectivity index (χ1) is 15.8. The van der Waals surface area contributed by atoms with Crippen LogP contribution in [0.4, 0.5) is 10.8 Å². The Balaban J connectivity index is 1.74. The Morgan fingerprint density at radius 2 is 1.76 bits per heavy atom. The van der Waals surface area contributed by atoms with E-state index in [2.05, 4.69) is 0 Å². The first-order valence-electron chi connectivity index (χ1n) is 10.4. The van der Waals surface area contributed by atoms with Crippen LogP contribution in [-0.4, -0.2) is 27.0 Å². The molecule has 0 atom stereocenters. The summed E-state index contributed by atoms with van der Waals surface area (Å²) in [6, 6.07) is 13.8. The molecule has 0 fully saturated rings. The first-order valence-corrected chi connectivity index (χ1v) is 12.1. The van der Waals surface area contributed by atoms with Crippen LogP contribution in [0.1, 0.15) is 41.6 Å². The third-order valence-corrected chi connectivity index (χ3v) is 7.13. The second kappa shape index (κ2) is 9.64. The molecule has 0 aliphatic heterocycles. The monoisotopic (exact) mass is 477 g/mol. The van der Waals surface area contributed by atoms with Gasteiger partial charge in [0.25, 0.3) is 0 Å². The molecule has 8 heteroatoms. The Morgan fingerprint density at radius 3 is 2.42 bits per heavy atom. The van der Waals surface area contributed by atoms with Gasteiger partial charge in [-0.3, -0.25) is 14.5 Å². The van der Waals surface area contributed by atoms with E-state index in [1.54, 1.807) is 4.90 Å². The lowest BCUT2D eigenvalue weighted by Crippen LogP contribution is -2.24. The Kier molecular flexibility index (Phi) is 6.67. The van der Waals surface area contributed by atoms with E-state index >= 15 is 0 Å². The molecule has 1 amide bonds. The van der Waals surface area contributed by atoms with Crippen molar-refractivity contribution in [3.63, 3.8) is 0 Å². The van der Waals surface area contributed by atoms with Crippen LogP contribution in [-0.2, 0) is 9.59 Å². The fourth-order valence-corrected chi connectivity index (χ4v) is 5.50. The lowest BCUT2D eigenvalue weighted by Gasteiger charge is -2.22. The van der Waals surface area contributed by atoms with Crippen molar-refractivity contribution >= 4 is 67.2 Å². The highest BCUT2D eigenvalue weighted by molar-refractivity contribution is 7.19. The molecule has 0 aliphatic carbocycles. The molecule has 1 N–H and O–H groups in total. The Hall–Kier alpha value is -3.36. The third kappa shape index (κ3) is 5.02. The molecule has 0 saturated heterocycles. The summed E-state index contributed by atoms with van der Waals surface area (Å²) >= 11 is 2.91. The van der Waals surface area contributed by atoms with Crippen molar-refractivity contribution in [2.24, 2.45) is 0 Å². The number of aromatic nitrogens is 2. The van der Waals surface area contributed by atoms with E-state index in [-0.39, 0.29) is 12.3 Å². The highest BCUT2D eigenvalue weighted by atomic mass is 32.1. The maximum Gasteiger partial charge on any atom is 0.303 e. The van der Waals surface area contributed by atoms with Gasteiger partial charge in [0.2, 0.25) is 5.91 Å².